The standard InChI is InChI=1S/C5H6O4.C5H6/c1-3(5(8)9)2-4(6)7;1-2-4-5-3-1/h2H,1H3,(H,6,7)(H,8,9);1-4H,5H2. The van der Waals surface area contributed by atoms with Gasteiger partial charge in [-0.25, -0.2) is 9.59 Å². The van der Waals surface area contributed by atoms with Crippen molar-refractivity contribution in [3.63, 3.8) is 0 Å². The summed E-state index contributed by atoms with van der Waals surface area (Å²) in [6.07, 6.45) is 10.1. The van der Waals surface area contributed by atoms with Crippen LogP contribution in [-0.2, 0) is 9.59 Å². The van der Waals surface area contributed by atoms with Gasteiger partial charge in [-0.3, -0.25) is 0 Å². The van der Waals surface area contributed by atoms with E-state index in [1.807, 2.05) is 0 Å². The normalized spacial score (nSPS) is 13.4. The monoisotopic (exact) mass is 196 g/mol. The van der Waals surface area contributed by atoms with Crippen molar-refractivity contribution in [3.8, 4) is 0 Å². The van der Waals surface area contributed by atoms with E-state index in [2.05, 4.69) is 24.3 Å². The first kappa shape index (κ1) is 12.2. The summed E-state index contributed by atoms with van der Waals surface area (Å²) >= 11 is 0. The van der Waals surface area contributed by atoms with Crippen molar-refractivity contribution in [2.24, 2.45) is 0 Å². The van der Waals surface area contributed by atoms with Crippen molar-refractivity contribution in [2.75, 3.05) is 0 Å². The van der Waals surface area contributed by atoms with Gasteiger partial charge in [-0.15, -0.1) is 0 Å². The first-order chi connectivity index (χ1) is 6.54. The molecule has 0 radical (unpaired) electrons. The second-order valence-electron chi connectivity index (χ2n) is 2.56. The highest BCUT2D eigenvalue weighted by Crippen LogP contribution is 1.93. The lowest BCUT2D eigenvalue weighted by atomic mass is 10.3. The Hall–Kier alpha value is -1.84. The maximum absolute atomic E-state index is 9.90. The van der Waals surface area contributed by atoms with Gasteiger partial charge in [-0.1, -0.05) is 24.3 Å². The molecule has 14 heavy (non-hydrogen) atoms. The molecule has 4 nitrogen and oxygen atoms in total. The zero-order chi connectivity index (χ0) is 11.0. The van der Waals surface area contributed by atoms with Crippen LogP contribution in [0.2, 0.25) is 0 Å². The van der Waals surface area contributed by atoms with Gasteiger partial charge in [0.2, 0.25) is 0 Å². The molecule has 0 fully saturated rings. The molecule has 0 saturated heterocycles. The third-order valence-corrected chi connectivity index (χ3v) is 1.33. The Morgan fingerprint density at radius 3 is 1.86 bits per heavy atom. The molecule has 0 spiro atoms. The SMILES string of the molecule is C1=CCC=C1.CC(=CC(=O)O)C(=O)O. The van der Waals surface area contributed by atoms with Crippen LogP contribution in [-0.4, -0.2) is 22.2 Å². The van der Waals surface area contributed by atoms with Gasteiger partial charge in [-0.2, -0.15) is 0 Å². The topological polar surface area (TPSA) is 74.6 Å². The molecule has 1 aliphatic carbocycles. The number of hydrogen-bond acceptors (Lipinski definition) is 2. The van der Waals surface area contributed by atoms with Crippen LogP contribution in [0.3, 0.4) is 0 Å². The minimum Gasteiger partial charge on any atom is -0.478 e. The molecule has 0 aromatic carbocycles. The van der Waals surface area contributed by atoms with Crippen molar-refractivity contribution < 1.29 is 19.8 Å². The van der Waals surface area contributed by atoms with E-state index in [1.54, 1.807) is 0 Å². The van der Waals surface area contributed by atoms with Crippen LogP contribution >= 0.6 is 0 Å². The Balaban J connectivity index is 0.000000280. The number of allylic oxidation sites excluding steroid dienone is 4. The highest BCUT2D eigenvalue weighted by molar-refractivity contribution is 5.93. The first-order valence-corrected chi connectivity index (χ1v) is 4.00. The average molecular weight is 196 g/mol. The number of carboxylic acid groups (broad SMARTS) is 2. The Bertz CT molecular complexity index is 287. The fraction of sp³-hybridized carbons (Fsp3) is 0.200. The molecule has 0 aromatic heterocycles. The van der Waals surface area contributed by atoms with Crippen LogP contribution in [0.1, 0.15) is 13.3 Å². The highest BCUT2D eigenvalue weighted by Gasteiger charge is 2.00. The summed E-state index contributed by atoms with van der Waals surface area (Å²) in [5, 5.41) is 16.1. The first-order valence-electron chi connectivity index (χ1n) is 4.00. The van der Waals surface area contributed by atoms with Gasteiger partial charge in [0.1, 0.15) is 0 Å². The molecule has 0 bridgehead atoms. The van der Waals surface area contributed by atoms with E-state index in [1.165, 1.54) is 6.92 Å². The fourth-order valence-corrected chi connectivity index (χ4v) is 0.640. The van der Waals surface area contributed by atoms with Crippen LogP contribution in [0.15, 0.2) is 36.0 Å². The van der Waals surface area contributed by atoms with Crippen LogP contribution < -0.4 is 0 Å². The molecule has 0 unspecified atom stereocenters. The van der Waals surface area contributed by atoms with Gasteiger partial charge in [0.05, 0.1) is 0 Å². The molecule has 0 saturated carbocycles. The lowest BCUT2D eigenvalue weighted by Gasteiger charge is -1.86. The molecular weight excluding hydrogens is 184 g/mol. The van der Waals surface area contributed by atoms with Crippen molar-refractivity contribution in [1.82, 2.24) is 0 Å². The Labute approximate surface area is 81.9 Å². The van der Waals surface area contributed by atoms with E-state index in [-0.39, 0.29) is 5.57 Å². The number of carbonyl (C=O) groups is 2. The van der Waals surface area contributed by atoms with Gasteiger partial charge in [0.25, 0.3) is 0 Å². The zero-order valence-electron chi connectivity index (χ0n) is 7.80. The third kappa shape index (κ3) is 6.84. The number of hydrogen-bond donors (Lipinski definition) is 2. The third-order valence-electron chi connectivity index (χ3n) is 1.33. The number of carboxylic acids is 2. The van der Waals surface area contributed by atoms with Gasteiger partial charge < -0.3 is 10.2 Å². The maximum atomic E-state index is 9.90. The van der Waals surface area contributed by atoms with E-state index in [4.69, 9.17) is 10.2 Å². The second kappa shape index (κ2) is 6.65. The Morgan fingerprint density at radius 1 is 1.21 bits per heavy atom. The lowest BCUT2D eigenvalue weighted by Crippen LogP contribution is -1.99. The molecule has 0 amide bonds. The Kier molecular flexibility index (Phi) is 5.78. The van der Waals surface area contributed by atoms with E-state index >= 15 is 0 Å². The van der Waals surface area contributed by atoms with E-state index in [9.17, 15) is 9.59 Å². The quantitative estimate of drug-likeness (QED) is 0.658. The van der Waals surface area contributed by atoms with E-state index < -0.39 is 11.9 Å². The minimum atomic E-state index is -1.24. The molecule has 2 N–H and O–H groups in total. The predicted molar refractivity (Wildman–Crippen MR) is 51.9 cm³/mol. The smallest absolute Gasteiger partial charge is 0.331 e. The summed E-state index contributed by atoms with van der Waals surface area (Å²) in [5.41, 5.74) is -0.178. The molecule has 0 aliphatic heterocycles. The van der Waals surface area contributed by atoms with Crippen molar-refractivity contribution in [1.29, 1.82) is 0 Å². The van der Waals surface area contributed by atoms with Crippen molar-refractivity contribution >= 4 is 11.9 Å². The highest BCUT2D eigenvalue weighted by atomic mass is 16.4. The zero-order valence-corrected chi connectivity index (χ0v) is 7.80. The molecule has 0 heterocycles. The van der Waals surface area contributed by atoms with E-state index in [0.29, 0.717) is 6.08 Å². The van der Waals surface area contributed by atoms with Gasteiger partial charge in [0, 0.05) is 11.6 Å². The summed E-state index contributed by atoms with van der Waals surface area (Å²) in [6.45, 7) is 1.22. The molecule has 4 heteroatoms. The van der Waals surface area contributed by atoms with E-state index in [0.717, 1.165) is 6.42 Å². The van der Waals surface area contributed by atoms with Crippen LogP contribution in [0.4, 0.5) is 0 Å². The van der Waals surface area contributed by atoms with Crippen LogP contribution in [0.25, 0.3) is 0 Å². The Morgan fingerprint density at radius 2 is 1.71 bits per heavy atom. The van der Waals surface area contributed by atoms with Gasteiger partial charge in [0.15, 0.2) is 0 Å². The molecule has 0 atom stereocenters. The van der Waals surface area contributed by atoms with Crippen molar-refractivity contribution in [3.05, 3.63) is 36.0 Å². The summed E-state index contributed by atoms with van der Waals surface area (Å²) in [5.74, 6) is -2.45. The number of rotatable bonds is 2. The minimum absolute atomic E-state index is 0.178. The summed E-state index contributed by atoms with van der Waals surface area (Å²) < 4.78 is 0. The summed E-state index contributed by atoms with van der Waals surface area (Å²) in [4.78, 5) is 19.7. The second-order valence-corrected chi connectivity index (χ2v) is 2.56. The lowest BCUT2D eigenvalue weighted by molar-refractivity contribution is -0.135. The van der Waals surface area contributed by atoms with Crippen LogP contribution in [0, 0.1) is 0 Å². The maximum Gasteiger partial charge on any atom is 0.331 e. The predicted octanol–water partition coefficient (Wildman–Crippen LogP) is 1.60. The van der Waals surface area contributed by atoms with Crippen LogP contribution in [0.5, 0.6) is 0 Å². The summed E-state index contributed by atoms with van der Waals surface area (Å²) in [6, 6.07) is 0. The fourth-order valence-electron chi connectivity index (χ4n) is 0.640. The molecule has 1 rings (SSSR count). The largest absolute Gasteiger partial charge is 0.478 e. The van der Waals surface area contributed by atoms with Crippen molar-refractivity contribution in [2.45, 2.75) is 13.3 Å². The summed E-state index contributed by atoms with van der Waals surface area (Å²) in [7, 11) is 0. The number of aliphatic carboxylic acids is 2. The van der Waals surface area contributed by atoms with Gasteiger partial charge >= 0.3 is 11.9 Å². The molecule has 1 aliphatic rings. The molecule has 76 valence electrons. The van der Waals surface area contributed by atoms with Gasteiger partial charge in [-0.05, 0) is 13.3 Å². The average Bonchev–Trinajstić information content (AvgIpc) is 2.59. The molecule has 0 aromatic rings. The molecular formula is C10H12O4.